The van der Waals surface area contributed by atoms with E-state index in [9.17, 15) is 17.7 Å². The Kier molecular flexibility index (Phi) is 5.70. The van der Waals surface area contributed by atoms with Crippen LogP contribution >= 0.6 is 7.14 Å². The van der Waals surface area contributed by atoms with E-state index in [1.807, 2.05) is 12.1 Å². The third-order valence-electron chi connectivity index (χ3n) is 5.64. The first-order valence-electron chi connectivity index (χ1n) is 10.5. The first kappa shape index (κ1) is 22.6. The van der Waals surface area contributed by atoms with Gasteiger partial charge in [-0.2, -0.15) is 13.2 Å². The topological polar surface area (TPSA) is 66.9 Å². The lowest BCUT2D eigenvalue weighted by atomic mass is 10.0. The van der Waals surface area contributed by atoms with Gasteiger partial charge in [0.25, 0.3) is 0 Å². The molecule has 1 aromatic heterocycles. The zero-order valence-corrected chi connectivity index (χ0v) is 19.4. The molecule has 1 fully saturated rings. The zero-order valence-electron chi connectivity index (χ0n) is 18.5. The molecule has 4 rings (SSSR count). The molecule has 2 N–H and O–H groups in total. The van der Waals surface area contributed by atoms with Crippen LogP contribution < -0.4 is 15.9 Å². The number of hydrogen-bond donors (Lipinski definition) is 2. The second-order valence-corrected chi connectivity index (χ2v) is 11.9. The second kappa shape index (κ2) is 8.07. The Morgan fingerprint density at radius 2 is 1.84 bits per heavy atom. The smallest absolute Gasteiger partial charge is 0.382 e. The number of hydrogen-bond acceptors (Lipinski definition) is 5. The van der Waals surface area contributed by atoms with Gasteiger partial charge < -0.3 is 15.2 Å². The summed E-state index contributed by atoms with van der Waals surface area (Å²) in [5.41, 5.74) is 1.60. The summed E-state index contributed by atoms with van der Waals surface area (Å²) in [6.45, 7) is 6.86. The van der Waals surface area contributed by atoms with Gasteiger partial charge >= 0.3 is 6.18 Å². The minimum Gasteiger partial charge on any atom is -0.382 e. The van der Waals surface area contributed by atoms with Crippen LogP contribution in [0.1, 0.15) is 35.4 Å². The van der Waals surface area contributed by atoms with Crippen molar-refractivity contribution in [1.29, 1.82) is 0 Å². The van der Waals surface area contributed by atoms with Crippen LogP contribution in [0.4, 0.5) is 24.7 Å². The van der Waals surface area contributed by atoms with Crippen molar-refractivity contribution in [2.75, 3.05) is 24.0 Å². The number of nitrogens with one attached hydrogen (secondary N) is 2. The molecule has 0 saturated heterocycles. The molecule has 0 bridgehead atoms. The minimum atomic E-state index is -4.40. The molecule has 5 nitrogen and oxygen atoms in total. The van der Waals surface area contributed by atoms with Gasteiger partial charge in [0.2, 0.25) is 0 Å². The Hall–Kier alpha value is -2.60. The van der Waals surface area contributed by atoms with Crippen molar-refractivity contribution in [2.45, 2.75) is 45.5 Å². The Morgan fingerprint density at radius 1 is 1.12 bits per heavy atom. The average molecular weight is 462 g/mol. The Balaban J connectivity index is 1.74. The largest absolute Gasteiger partial charge is 0.416 e. The maximum Gasteiger partial charge on any atom is 0.416 e. The lowest BCUT2D eigenvalue weighted by Gasteiger charge is -2.18. The number of rotatable bonds is 6. The van der Waals surface area contributed by atoms with Gasteiger partial charge in [0.05, 0.1) is 11.1 Å². The lowest BCUT2D eigenvalue weighted by molar-refractivity contribution is -0.138. The monoisotopic (exact) mass is 462 g/mol. The standard InChI is InChI=1S/C23H26F3N4OP/c1-13-15(6-5-7-18(13)23(24,25)26)12-27-22-17-10-21(32(3,4)31)20(30-16-8-9-16)11-19(17)28-14(2)29-22/h5-7,10-11,16,30H,8-9,12H2,1-4H3,(H,27,28,29). The number of fused-ring (bicyclic) bond motifs is 1. The SMILES string of the molecule is Cc1nc(NCc2cccc(C(F)(F)F)c2C)c2cc(P(C)(C)=O)c(NC3CC3)cc2n1. The van der Waals surface area contributed by atoms with Crippen molar-refractivity contribution in [3.05, 3.63) is 52.8 Å². The Labute approximate surface area is 185 Å². The van der Waals surface area contributed by atoms with Gasteiger partial charge in [0.15, 0.2) is 0 Å². The number of aromatic nitrogens is 2. The maximum absolute atomic E-state index is 13.3. The molecular formula is C23H26F3N4OP. The molecule has 0 aliphatic heterocycles. The maximum atomic E-state index is 13.3. The highest BCUT2D eigenvalue weighted by molar-refractivity contribution is 7.70. The summed E-state index contributed by atoms with van der Waals surface area (Å²) in [7, 11) is -2.60. The van der Waals surface area contributed by atoms with E-state index in [2.05, 4.69) is 20.6 Å². The third kappa shape index (κ3) is 4.75. The second-order valence-electron chi connectivity index (χ2n) is 8.72. The number of halogens is 3. The summed E-state index contributed by atoms with van der Waals surface area (Å²) in [6, 6.07) is 8.31. The van der Waals surface area contributed by atoms with Gasteiger partial charge in [0.1, 0.15) is 18.8 Å². The lowest BCUT2D eigenvalue weighted by Crippen LogP contribution is -2.15. The highest BCUT2D eigenvalue weighted by Gasteiger charge is 2.32. The van der Waals surface area contributed by atoms with E-state index in [0.29, 0.717) is 34.2 Å². The molecule has 2 aromatic carbocycles. The predicted octanol–water partition coefficient (Wildman–Crippen LogP) is 5.70. The quantitative estimate of drug-likeness (QED) is 0.460. The van der Waals surface area contributed by atoms with Crippen LogP contribution in [0.3, 0.4) is 0 Å². The van der Waals surface area contributed by atoms with Gasteiger partial charge in [0, 0.05) is 29.0 Å². The van der Waals surface area contributed by atoms with Gasteiger partial charge in [-0.15, -0.1) is 0 Å². The number of nitrogens with zero attached hydrogens (tertiary/aromatic N) is 2. The molecule has 0 amide bonds. The van der Waals surface area contributed by atoms with E-state index in [1.165, 1.54) is 13.0 Å². The van der Waals surface area contributed by atoms with E-state index >= 15 is 0 Å². The zero-order chi connectivity index (χ0) is 23.3. The first-order chi connectivity index (χ1) is 14.9. The van der Waals surface area contributed by atoms with Crippen LogP contribution in [0.5, 0.6) is 0 Å². The molecule has 0 radical (unpaired) electrons. The number of alkyl halides is 3. The van der Waals surface area contributed by atoms with Crippen molar-refractivity contribution in [3.63, 3.8) is 0 Å². The van der Waals surface area contributed by atoms with Crippen LogP contribution in [0.25, 0.3) is 10.9 Å². The fraction of sp³-hybridized carbons (Fsp3) is 0.391. The summed E-state index contributed by atoms with van der Waals surface area (Å²) >= 11 is 0. The molecule has 1 heterocycles. The van der Waals surface area contributed by atoms with Crippen LogP contribution in [0.15, 0.2) is 30.3 Å². The minimum absolute atomic E-state index is 0.175. The average Bonchev–Trinajstić information content (AvgIpc) is 3.48. The Bertz CT molecular complexity index is 1230. The normalized spacial score (nSPS) is 14.6. The summed E-state index contributed by atoms with van der Waals surface area (Å²) in [4.78, 5) is 9.03. The predicted molar refractivity (Wildman–Crippen MR) is 124 cm³/mol. The highest BCUT2D eigenvalue weighted by atomic mass is 31.2. The fourth-order valence-electron chi connectivity index (χ4n) is 3.78. The van der Waals surface area contributed by atoms with E-state index in [0.717, 1.165) is 29.9 Å². The van der Waals surface area contributed by atoms with Gasteiger partial charge in [-0.25, -0.2) is 9.97 Å². The van der Waals surface area contributed by atoms with Crippen molar-refractivity contribution in [2.24, 2.45) is 0 Å². The summed E-state index contributed by atoms with van der Waals surface area (Å²) in [6.07, 6.45) is -2.23. The Morgan fingerprint density at radius 3 is 2.47 bits per heavy atom. The van der Waals surface area contributed by atoms with Crippen molar-refractivity contribution in [1.82, 2.24) is 9.97 Å². The number of aryl methyl sites for hydroxylation is 1. The van der Waals surface area contributed by atoms with Crippen molar-refractivity contribution < 1.29 is 17.7 Å². The van der Waals surface area contributed by atoms with Crippen LogP contribution in [-0.4, -0.2) is 29.3 Å². The summed E-state index contributed by atoms with van der Waals surface area (Å²) in [5.74, 6) is 1.05. The van der Waals surface area contributed by atoms with E-state index in [1.54, 1.807) is 26.3 Å². The molecule has 32 heavy (non-hydrogen) atoms. The summed E-state index contributed by atoms with van der Waals surface area (Å²) in [5, 5.41) is 8.05. The molecule has 0 unspecified atom stereocenters. The summed E-state index contributed by atoms with van der Waals surface area (Å²) < 4.78 is 52.8. The number of benzene rings is 2. The van der Waals surface area contributed by atoms with Crippen LogP contribution in [0.2, 0.25) is 0 Å². The molecule has 170 valence electrons. The van der Waals surface area contributed by atoms with E-state index in [-0.39, 0.29) is 12.1 Å². The molecule has 9 heteroatoms. The molecule has 0 atom stereocenters. The van der Waals surface area contributed by atoms with Gasteiger partial charge in [-0.05, 0) is 69.3 Å². The highest BCUT2D eigenvalue weighted by Crippen LogP contribution is 2.41. The fourth-order valence-corrected chi connectivity index (χ4v) is 4.93. The molecule has 1 aliphatic rings. The van der Waals surface area contributed by atoms with Crippen molar-refractivity contribution in [3.8, 4) is 0 Å². The van der Waals surface area contributed by atoms with Gasteiger partial charge in [-0.3, -0.25) is 0 Å². The first-order valence-corrected chi connectivity index (χ1v) is 13.1. The van der Waals surface area contributed by atoms with E-state index < -0.39 is 18.9 Å². The number of anilines is 2. The molecule has 1 aliphatic carbocycles. The van der Waals surface area contributed by atoms with Gasteiger partial charge in [-0.1, -0.05) is 12.1 Å². The molecule has 0 spiro atoms. The van der Waals surface area contributed by atoms with Crippen molar-refractivity contribution >= 4 is 34.9 Å². The molecular weight excluding hydrogens is 436 g/mol. The van der Waals surface area contributed by atoms with E-state index in [4.69, 9.17) is 0 Å². The van der Waals surface area contributed by atoms with Crippen LogP contribution in [0, 0.1) is 13.8 Å². The third-order valence-corrected chi connectivity index (χ3v) is 7.17. The molecule has 1 saturated carbocycles. The van der Waals surface area contributed by atoms with Crippen LogP contribution in [-0.2, 0) is 17.3 Å². The molecule has 3 aromatic rings.